The number of hydrogen-bond acceptors (Lipinski definition) is 10. The van der Waals surface area contributed by atoms with Crippen molar-refractivity contribution in [2.45, 2.75) is 57.3 Å². The van der Waals surface area contributed by atoms with Crippen molar-refractivity contribution in [1.29, 1.82) is 10.5 Å². The van der Waals surface area contributed by atoms with Crippen molar-refractivity contribution in [3.63, 3.8) is 0 Å². The smallest absolute Gasteiger partial charge is 0.320 e. The molecule has 10 nitrogen and oxygen atoms in total. The summed E-state index contributed by atoms with van der Waals surface area (Å²) in [5.74, 6) is -1.24. The van der Waals surface area contributed by atoms with Crippen LogP contribution in [0.2, 0.25) is 5.02 Å². The fraction of sp³-hybridized carbons (Fsp3) is 0.472. The van der Waals surface area contributed by atoms with Crippen LogP contribution in [-0.4, -0.2) is 77.3 Å². The van der Waals surface area contributed by atoms with E-state index in [4.69, 9.17) is 32.3 Å². The first-order valence-electron chi connectivity index (χ1n) is 17.1. The number of amides is 1. The summed E-state index contributed by atoms with van der Waals surface area (Å²) >= 11 is 7.83. The van der Waals surface area contributed by atoms with Crippen LogP contribution in [0.15, 0.2) is 18.2 Å². The van der Waals surface area contributed by atoms with Gasteiger partial charge in [-0.25, -0.2) is 13.2 Å². The molecule has 264 valence electrons. The normalized spacial score (nSPS) is 24.2. The molecule has 4 atom stereocenters. The second-order valence-corrected chi connectivity index (χ2v) is 15.7. The molecule has 0 radical (unpaired) electrons. The average Bonchev–Trinajstić information content (AvgIpc) is 3.26. The van der Waals surface area contributed by atoms with E-state index in [1.807, 2.05) is 17.0 Å². The Morgan fingerprint density at radius 1 is 1.16 bits per heavy atom. The molecule has 4 aliphatic heterocycles. The lowest BCUT2D eigenvalue weighted by atomic mass is 9.75. The van der Waals surface area contributed by atoms with Crippen molar-refractivity contribution < 1.29 is 22.7 Å². The number of nitrogen functional groups attached to an aromatic ring is 1. The van der Waals surface area contributed by atoms with Gasteiger partial charge in [-0.2, -0.15) is 20.5 Å². The van der Waals surface area contributed by atoms with Gasteiger partial charge in [0, 0.05) is 66.9 Å². The Morgan fingerprint density at radius 3 is 2.75 bits per heavy atom. The zero-order valence-electron chi connectivity index (χ0n) is 27.6. The van der Waals surface area contributed by atoms with E-state index in [0.717, 1.165) is 43.4 Å². The summed E-state index contributed by atoms with van der Waals surface area (Å²) in [7, 11) is 0. The average molecular weight is 735 g/mol. The maximum atomic E-state index is 17.2. The Hall–Kier alpha value is -4.37. The number of ether oxygens (including phenoxy) is 1. The molecule has 15 heteroatoms. The SMILES string of the molecule is N#CCC(=O)N1CC2(CCCCN(c3nc(OC4[C@@H]5CCCN4C[C@H](F)C5)nc4c(F)c(-c5ccc(F)c6sc(N)c(C#N)c56)c(Cl)cc34)C2)C1. The van der Waals surface area contributed by atoms with Crippen molar-refractivity contribution in [1.82, 2.24) is 19.8 Å². The van der Waals surface area contributed by atoms with Crippen LogP contribution in [0.25, 0.3) is 32.1 Å². The fourth-order valence-electron chi connectivity index (χ4n) is 8.62. The van der Waals surface area contributed by atoms with Gasteiger partial charge in [-0.3, -0.25) is 9.69 Å². The Balaban J connectivity index is 1.27. The number of alkyl halides is 1. The number of hydrogen-bond donors (Lipinski definition) is 1. The highest BCUT2D eigenvalue weighted by atomic mass is 35.5. The van der Waals surface area contributed by atoms with E-state index in [9.17, 15) is 18.8 Å². The van der Waals surface area contributed by atoms with Crippen LogP contribution in [0.4, 0.5) is 24.0 Å². The van der Waals surface area contributed by atoms with Crippen molar-refractivity contribution >= 4 is 60.7 Å². The number of fused-ring (bicyclic) bond motifs is 4. The van der Waals surface area contributed by atoms with E-state index in [1.54, 1.807) is 11.0 Å². The van der Waals surface area contributed by atoms with Gasteiger partial charge >= 0.3 is 6.01 Å². The molecule has 4 aromatic rings. The van der Waals surface area contributed by atoms with Gasteiger partial charge in [0.1, 0.15) is 40.8 Å². The van der Waals surface area contributed by atoms with Crippen LogP contribution in [0, 0.1) is 45.6 Å². The van der Waals surface area contributed by atoms with Crippen LogP contribution >= 0.6 is 22.9 Å². The molecule has 2 unspecified atom stereocenters. The molecule has 4 saturated heterocycles. The van der Waals surface area contributed by atoms with E-state index in [0.29, 0.717) is 50.3 Å². The minimum Gasteiger partial charge on any atom is -0.444 e. The minimum absolute atomic E-state index is 0.0171. The number of piperidine rings is 2. The predicted octanol–water partition coefficient (Wildman–Crippen LogP) is 6.79. The van der Waals surface area contributed by atoms with E-state index < -0.39 is 24.0 Å². The zero-order chi connectivity index (χ0) is 35.6. The lowest BCUT2D eigenvalue weighted by Gasteiger charge is -2.51. The highest BCUT2D eigenvalue weighted by Crippen LogP contribution is 2.47. The van der Waals surface area contributed by atoms with Crippen LogP contribution in [0.5, 0.6) is 6.01 Å². The van der Waals surface area contributed by atoms with Crippen LogP contribution < -0.4 is 15.4 Å². The van der Waals surface area contributed by atoms with Gasteiger partial charge < -0.3 is 20.3 Å². The molecule has 2 bridgehead atoms. The largest absolute Gasteiger partial charge is 0.444 e. The van der Waals surface area contributed by atoms with E-state index >= 15 is 4.39 Å². The second kappa shape index (κ2) is 13.0. The number of carbonyl (C=O) groups excluding carboxylic acids is 1. The van der Waals surface area contributed by atoms with Gasteiger partial charge in [-0.15, -0.1) is 11.3 Å². The van der Waals surface area contributed by atoms with Gasteiger partial charge in [-0.05, 0) is 49.8 Å². The van der Waals surface area contributed by atoms with Crippen molar-refractivity contribution in [2.75, 3.05) is 49.9 Å². The summed E-state index contributed by atoms with van der Waals surface area (Å²) < 4.78 is 53.4. The maximum Gasteiger partial charge on any atom is 0.320 e. The van der Waals surface area contributed by atoms with Crippen LogP contribution in [0.1, 0.15) is 50.5 Å². The topological polar surface area (TPSA) is 135 Å². The third-order valence-corrected chi connectivity index (χ3v) is 12.2. The van der Waals surface area contributed by atoms with E-state index in [-0.39, 0.29) is 78.5 Å². The number of aromatic nitrogens is 2. The number of thiophene rings is 1. The Morgan fingerprint density at radius 2 is 1.98 bits per heavy atom. The maximum absolute atomic E-state index is 17.2. The lowest BCUT2D eigenvalue weighted by Crippen LogP contribution is -2.62. The number of nitriles is 2. The van der Waals surface area contributed by atoms with Gasteiger partial charge in [-0.1, -0.05) is 24.1 Å². The Bertz CT molecular complexity index is 2150. The monoisotopic (exact) mass is 734 g/mol. The number of likely N-dealkylation sites (tertiary alicyclic amines) is 1. The summed E-state index contributed by atoms with van der Waals surface area (Å²) in [6, 6.07) is 8.09. The molecule has 2 aromatic heterocycles. The highest BCUT2D eigenvalue weighted by Gasteiger charge is 2.47. The number of nitrogens with zero attached hydrogens (tertiary/aromatic N) is 7. The minimum atomic E-state index is -0.960. The number of rotatable bonds is 5. The first-order chi connectivity index (χ1) is 24.6. The summed E-state index contributed by atoms with van der Waals surface area (Å²) in [4.78, 5) is 27.8. The van der Waals surface area contributed by atoms with Crippen molar-refractivity contribution in [3.05, 3.63) is 40.4 Å². The molecule has 0 aliphatic carbocycles. The van der Waals surface area contributed by atoms with Crippen LogP contribution in [-0.2, 0) is 4.79 Å². The molecule has 2 aromatic carbocycles. The van der Waals surface area contributed by atoms with Crippen molar-refractivity contribution in [3.8, 4) is 29.3 Å². The fourth-order valence-corrected chi connectivity index (χ4v) is 9.87. The number of anilines is 2. The molecule has 1 spiro atoms. The highest BCUT2D eigenvalue weighted by molar-refractivity contribution is 7.23. The molecule has 4 fully saturated rings. The Labute approximate surface area is 301 Å². The van der Waals surface area contributed by atoms with Crippen LogP contribution in [0.3, 0.4) is 0 Å². The summed E-state index contributed by atoms with van der Waals surface area (Å²) in [5, 5.41) is 19.6. The molecule has 8 rings (SSSR count). The summed E-state index contributed by atoms with van der Waals surface area (Å²) in [6.07, 6.45) is 3.07. The quantitative estimate of drug-likeness (QED) is 0.235. The molecule has 4 aliphatic rings. The van der Waals surface area contributed by atoms with Gasteiger partial charge in [0.15, 0.2) is 12.0 Å². The first-order valence-corrected chi connectivity index (χ1v) is 18.3. The molecule has 6 heterocycles. The van der Waals surface area contributed by atoms with Gasteiger partial charge in [0.25, 0.3) is 0 Å². The van der Waals surface area contributed by atoms with Gasteiger partial charge in [0.2, 0.25) is 5.91 Å². The third-order valence-electron chi connectivity index (χ3n) is 10.9. The van der Waals surface area contributed by atoms with E-state index in [2.05, 4.69) is 9.88 Å². The number of carbonyl (C=O) groups is 1. The molecular formula is C36H34ClF3N8O2S. The molecule has 0 saturated carbocycles. The standard InChI is InChI=1S/C36H34ClF3N8O2S/c37-24-13-22-30(29(40)28(24)21-5-6-25(39)31-27(21)23(14-42)32(43)51-31)44-35(50-34-19-4-3-11-46(34)15-20(38)12-19)45-33(22)47-10-2-1-8-36(16-47)17-48(18-36)26(49)7-9-41/h5-6,13,19-20,34H,1-4,7-8,10-12,15-18,43H2/t19-,20-,34?/m1/s1. The molecule has 2 N–H and O–H groups in total. The molecule has 51 heavy (non-hydrogen) atoms. The number of nitrogens with two attached hydrogens (primary N) is 1. The van der Waals surface area contributed by atoms with Crippen molar-refractivity contribution in [2.24, 2.45) is 11.3 Å². The Kier molecular flexibility index (Phi) is 8.60. The molecule has 1 amide bonds. The number of benzene rings is 2. The second-order valence-electron chi connectivity index (χ2n) is 14.2. The molecular weight excluding hydrogens is 701 g/mol. The van der Waals surface area contributed by atoms with E-state index in [1.165, 1.54) is 12.1 Å². The first kappa shape index (κ1) is 33.8. The van der Waals surface area contributed by atoms with Gasteiger partial charge in [0.05, 0.1) is 21.4 Å². The summed E-state index contributed by atoms with van der Waals surface area (Å²) in [5.41, 5.74) is 5.97. The third kappa shape index (κ3) is 5.78. The summed E-state index contributed by atoms with van der Waals surface area (Å²) in [6.45, 7) is 3.03. The zero-order valence-corrected chi connectivity index (χ0v) is 29.2. The predicted molar refractivity (Wildman–Crippen MR) is 188 cm³/mol. The number of halogens is 4. The lowest BCUT2D eigenvalue weighted by molar-refractivity contribution is -0.142.